The SMILES string of the molecule is CCCC(C)(N)C(=O)N1CCOC(C)C1.Cl. The van der Waals surface area contributed by atoms with Crippen molar-refractivity contribution in [1.29, 1.82) is 0 Å². The first-order valence-corrected chi connectivity index (χ1v) is 5.67. The number of carbonyl (C=O) groups excluding carboxylic acids is 1. The molecule has 1 rings (SSSR count). The Hall–Kier alpha value is -0.320. The Balaban J connectivity index is 0.00000225. The van der Waals surface area contributed by atoms with Crippen LogP contribution in [0.2, 0.25) is 0 Å². The van der Waals surface area contributed by atoms with Crippen LogP contribution in [0.3, 0.4) is 0 Å². The number of carbonyl (C=O) groups is 1. The van der Waals surface area contributed by atoms with Crippen LogP contribution in [0.4, 0.5) is 0 Å². The van der Waals surface area contributed by atoms with E-state index in [1.54, 1.807) is 0 Å². The molecule has 5 heteroatoms. The third-order valence-corrected chi connectivity index (χ3v) is 2.79. The maximum atomic E-state index is 12.1. The average Bonchev–Trinajstić information content (AvgIpc) is 2.16. The molecular weight excluding hydrogens is 228 g/mol. The molecule has 4 nitrogen and oxygen atoms in total. The van der Waals surface area contributed by atoms with Gasteiger partial charge in [0.05, 0.1) is 18.2 Å². The topological polar surface area (TPSA) is 55.6 Å². The summed E-state index contributed by atoms with van der Waals surface area (Å²) in [7, 11) is 0. The maximum absolute atomic E-state index is 12.1. The predicted octanol–water partition coefficient (Wildman–Crippen LogP) is 1.17. The number of nitrogens with zero attached hydrogens (tertiary/aromatic N) is 1. The van der Waals surface area contributed by atoms with Crippen LogP contribution in [0.25, 0.3) is 0 Å². The zero-order chi connectivity index (χ0) is 11.5. The smallest absolute Gasteiger partial charge is 0.242 e. The number of hydrogen-bond acceptors (Lipinski definition) is 3. The van der Waals surface area contributed by atoms with Gasteiger partial charge in [0.25, 0.3) is 0 Å². The molecule has 1 aliphatic heterocycles. The first kappa shape index (κ1) is 15.7. The Kier molecular flexibility index (Phi) is 6.30. The fourth-order valence-electron chi connectivity index (χ4n) is 1.99. The maximum Gasteiger partial charge on any atom is 0.242 e. The summed E-state index contributed by atoms with van der Waals surface area (Å²) in [5, 5.41) is 0. The highest BCUT2D eigenvalue weighted by molar-refractivity contribution is 5.86. The van der Waals surface area contributed by atoms with Crippen LogP contribution in [0.15, 0.2) is 0 Å². The van der Waals surface area contributed by atoms with E-state index in [0.29, 0.717) is 19.7 Å². The van der Waals surface area contributed by atoms with Crippen molar-refractivity contribution in [3.8, 4) is 0 Å². The van der Waals surface area contributed by atoms with Gasteiger partial charge in [0.2, 0.25) is 5.91 Å². The summed E-state index contributed by atoms with van der Waals surface area (Å²) >= 11 is 0. The molecule has 2 N–H and O–H groups in total. The highest BCUT2D eigenvalue weighted by Gasteiger charge is 2.33. The minimum Gasteiger partial charge on any atom is -0.375 e. The number of amides is 1. The lowest BCUT2D eigenvalue weighted by molar-refractivity contribution is -0.143. The van der Waals surface area contributed by atoms with Crippen molar-refractivity contribution >= 4 is 18.3 Å². The lowest BCUT2D eigenvalue weighted by atomic mass is 9.95. The van der Waals surface area contributed by atoms with Gasteiger partial charge in [0, 0.05) is 13.1 Å². The van der Waals surface area contributed by atoms with Crippen LogP contribution < -0.4 is 5.73 Å². The Morgan fingerprint density at radius 1 is 1.62 bits per heavy atom. The minimum atomic E-state index is -0.716. The average molecular weight is 251 g/mol. The van der Waals surface area contributed by atoms with Crippen LogP contribution in [0.1, 0.15) is 33.6 Å². The second kappa shape index (κ2) is 6.42. The normalized spacial score (nSPS) is 24.5. The minimum absolute atomic E-state index is 0. The van der Waals surface area contributed by atoms with Crippen LogP contribution in [0.5, 0.6) is 0 Å². The zero-order valence-corrected chi connectivity index (χ0v) is 11.2. The van der Waals surface area contributed by atoms with Crippen molar-refractivity contribution in [1.82, 2.24) is 4.90 Å². The van der Waals surface area contributed by atoms with Crippen molar-refractivity contribution < 1.29 is 9.53 Å². The highest BCUT2D eigenvalue weighted by atomic mass is 35.5. The van der Waals surface area contributed by atoms with Crippen LogP contribution in [-0.2, 0) is 9.53 Å². The molecule has 1 fully saturated rings. The molecule has 0 saturated carbocycles. The van der Waals surface area contributed by atoms with Gasteiger partial charge < -0.3 is 15.4 Å². The fraction of sp³-hybridized carbons (Fsp3) is 0.909. The molecule has 0 aromatic heterocycles. The van der Waals surface area contributed by atoms with Gasteiger partial charge in [0.1, 0.15) is 0 Å². The highest BCUT2D eigenvalue weighted by Crippen LogP contribution is 2.15. The summed E-state index contributed by atoms with van der Waals surface area (Å²) in [5.74, 6) is 0.0551. The monoisotopic (exact) mass is 250 g/mol. The van der Waals surface area contributed by atoms with Crippen LogP contribution >= 0.6 is 12.4 Å². The predicted molar refractivity (Wildman–Crippen MR) is 66.7 cm³/mol. The van der Waals surface area contributed by atoms with E-state index >= 15 is 0 Å². The van der Waals surface area contributed by atoms with Gasteiger partial charge in [-0.05, 0) is 20.3 Å². The second-order valence-corrected chi connectivity index (χ2v) is 4.60. The van der Waals surface area contributed by atoms with Crippen molar-refractivity contribution in [3.05, 3.63) is 0 Å². The molecule has 2 atom stereocenters. The number of rotatable bonds is 3. The molecule has 0 aliphatic carbocycles. The fourth-order valence-corrected chi connectivity index (χ4v) is 1.99. The van der Waals surface area contributed by atoms with Gasteiger partial charge in [-0.2, -0.15) is 0 Å². The van der Waals surface area contributed by atoms with E-state index in [1.165, 1.54) is 0 Å². The number of halogens is 1. The largest absolute Gasteiger partial charge is 0.375 e. The van der Waals surface area contributed by atoms with Gasteiger partial charge in [-0.3, -0.25) is 4.79 Å². The summed E-state index contributed by atoms with van der Waals surface area (Å²) in [6.07, 6.45) is 1.79. The van der Waals surface area contributed by atoms with E-state index < -0.39 is 5.54 Å². The molecule has 0 radical (unpaired) electrons. The standard InChI is InChI=1S/C11H22N2O2.ClH/c1-4-5-11(3,12)10(14)13-6-7-15-9(2)8-13;/h9H,4-8,12H2,1-3H3;1H. The molecule has 1 saturated heterocycles. The van der Waals surface area contributed by atoms with Crippen LogP contribution in [0, 0.1) is 0 Å². The van der Waals surface area contributed by atoms with Crippen molar-refractivity contribution in [2.75, 3.05) is 19.7 Å². The van der Waals surface area contributed by atoms with E-state index in [1.807, 2.05) is 25.7 Å². The zero-order valence-electron chi connectivity index (χ0n) is 10.4. The van der Waals surface area contributed by atoms with E-state index in [9.17, 15) is 4.79 Å². The molecular formula is C11H23ClN2O2. The third-order valence-electron chi connectivity index (χ3n) is 2.79. The van der Waals surface area contributed by atoms with Crippen molar-refractivity contribution in [2.24, 2.45) is 5.73 Å². The van der Waals surface area contributed by atoms with Crippen molar-refractivity contribution in [2.45, 2.75) is 45.3 Å². The lowest BCUT2D eigenvalue weighted by Crippen LogP contribution is -2.57. The van der Waals surface area contributed by atoms with Gasteiger partial charge >= 0.3 is 0 Å². The third kappa shape index (κ3) is 3.92. The molecule has 0 aromatic rings. The van der Waals surface area contributed by atoms with Gasteiger partial charge in [-0.1, -0.05) is 13.3 Å². The Morgan fingerprint density at radius 3 is 2.75 bits per heavy atom. The van der Waals surface area contributed by atoms with Crippen molar-refractivity contribution in [3.63, 3.8) is 0 Å². The molecule has 0 bridgehead atoms. The molecule has 0 aromatic carbocycles. The summed E-state index contributed by atoms with van der Waals surface area (Å²) in [4.78, 5) is 13.9. The van der Waals surface area contributed by atoms with Gasteiger partial charge in [-0.15, -0.1) is 12.4 Å². The number of morpholine rings is 1. The molecule has 0 spiro atoms. The Labute approximate surface area is 104 Å². The Morgan fingerprint density at radius 2 is 2.25 bits per heavy atom. The first-order valence-electron chi connectivity index (χ1n) is 5.67. The molecule has 1 aliphatic rings. The van der Waals surface area contributed by atoms with Gasteiger partial charge in [0.15, 0.2) is 0 Å². The molecule has 2 unspecified atom stereocenters. The first-order chi connectivity index (χ1) is 6.97. The quantitative estimate of drug-likeness (QED) is 0.818. The summed E-state index contributed by atoms with van der Waals surface area (Å²) in [6, 6.07) is 0. The summed E-state index contributed by atoms with van der Waals surface area (Å²) in [6.45, 7) is 7.79. The number of ether oxygens (including phenoxy) is 1. The molecule has 1 amide bonds. The summed E-state index contributed by atoms with van der Waals surface area (Å²) in [5.41, 5.74) is 5.30. The lowest BCUT2D eigenvalue weighted by Gasteiger charge is -2.36. The molecule has 1 heterocycles. The second-order valence-electron chi connectivity index (χ2n) is 4.60. The van der Waals surface area contributed by atoms with Crippen LogP contribution in [-0.4, -0.2) is 42.1 Å². The number of nitrogens with two attached hydrogens (primary N) is 1. The van der Waals surface area contributed by atoms with E-state index in [0.717, 1.165) is 12.8 Å². The van der Waals surface area contributed by atoms with Gasteiger partial charge in [-0.25, -0.2) is 0 Å². The molecule has 96 valence electrons. The Bertz CT molecular complexity index is 234. The van der Waals surface area contributed by atoms with E-state index in [4.69, 9.17) is 10.5 Å². The summed E-state index contributed by atoms with van der Waals surface area (Å²) < 4.78 is 5.40. The molecule has 16 heavy (non-hydrogen) atoms. The number of hydrogen-bond donors (Lipinski definition) is 1. The van der Waals surface area contributed by atoms with E-state index in [2.05, 4.69) is 0 Å². The van der Waals surface area contributed by atoms with E-state index in [-0.39, 0.29) is 24.4 Å².